The van der Waals surface area contributed by atoms with Gasteiger partial charge in [-0.3, -0.25) is 9.36 Å². The average molecular weight is 640 g/mol. The Morgan fingerprint density at radius 2 is 2.05 bits per heavy atom. The Morgan fingerprint density at radius 3 is 2.76 bits per heavy atom. The van der Waals surface area contributed by atoms with Crippen molar-refractivity contribution >= 4 is 67.5 Å². The van der Waals surface area contributed by atoms with Gasteiger partial charge in [-0.05, 0) is 69.0 Å². The van der Waals surface area contributed by atoms with Gasteiger partial charge in [0, 0.05) is 28.7 Å². The molecular formula is C27H26BrClN9O3+. The molecule has 41 heavy (non-hydrogen) atoms. The number of carbonyl (C=O) groups is 1. The minimum absolute atomic E-state index is 0.221. The van der Waals surface area contributed by atoms with Crippen LogP contribution in [0.3, 0.4) is 0 Å². The van der Waals surface area contributed by atoms with E-state index in [1.54, 1.807) is 42.9 Å². The van der Waals surface area contributed by atoms with Crippen LogP contribution in [-0.2, 0) is 18.4 Å². The number of hydrogen-bond donors (Lipinski definition) is 2. The molecule has 0 aliphatic carbocycles. The highest BCUT2D eigenvalue weighted by atomic mass is 79.9. The summed E-state index contributed by atoms with van der Waals surface area (Å²) in [6.07, 6.45) is 6.08. The van der Waals surface area contributed by atoms with Gasteiger partial charge in [0.1, 0.15) is 24.5 Å². The molecule has 4 rings (SSSR count). The predicted octanol–water partition coefficient (Wildman–Crippen LogP) is 4.97. The second-order valence-corrected chi connectivity index (χ2v) is 10.9. The highest BCUT2D eigenvalue weighted by Gasteiger charge is 2.30. The van der Waals surface area contributed by atoms with Gasteiger partial charge in [0.05, 0.1) is 37.4 Å². The van der Waals surface area contributed by atoms with Crippen LogP contribution in [0, 0.1) is 22.0 Å². The smallest absolute Gasteiger partial charge is 0.358 e. The third kappa shape index (κ3) is 7.23. The predicted molar refractivity (Wildman–Crippen MR) is 161 cm³/mol. The molecule has 1 aromatic carbocycles. The normalized spacial score (nSPS) is 11.4. The number of anilines is 3. The third-order valence-corrected chi connectivity index (χ3v) is 7.24. The van der Waals surface area contributed by atoms with Gasteiger partial charge in [0.25, 0.3) is 5.82 Å². The van der Waals surface area contributed by atoms with Crippen LogP contribution in [0.1, 0.15) is 18.4 Å². The summed E-state index contributed by atoms with van der Waals surface area (Å²) in [5, 5.41) is 18.7. The van der Waals surface area contributed by atoms with Gasteiger partial charge in [0.15, 0.2) is 5.69 Å². The maximum absolute atomic E-state index is 12.7. The summed E-state index contributed by atoms with van der Waals surface area (Å²) in [4.78, 5) is 40.7. The van der Waals surface area contributed by atoms with Gasteiger partial charge < -0.3 is 25.2 Å². The molecule has 14 heteroatoms. The van der Waals surface area contributed by atoms with E-state index in [1.807, 2.05) is 26.2 Å². The lowest BCUT2D eigenvalue weighted by Gasteiger charge is -2.28. The van der Waals surface area contributed by atoms with E-state index in [-0.39, 0.29) is 11.7 Å². The molecule has 0 spiro atoms. The zero-order valence-corrected chi connectivity index (χ0v) is 25.0. The summed E-state index contributed by atoms with van der Waals surface area (Å²) in [5.74, 6) is 6.09. The van der Waals surface area contributed by atoms with Crippen LogP contribution in [0.2, 0.25) is 5.02 Å². The van der Waals surface area contributed by atoms with E-state index in [0.717, 1.165) is 10.2 Å². The molecule has 0 atom stereocenters. The highest BCUT2D eigenvalue weighted by molar-refractivity contribution is 9.10. The molecule has 3 aromatic heterocycles. The van der Waals surface area contributed by atoms with Gasteiger partial charge in [-0.25, -0.2) is 15.0 Å². The molecule has 1 amide bonds. The van der Waals surface area contributed by atoms with E-state index in [4.69, 9.17) is 11.6 Å². The minimum Gasteiger partial charge on any atom is -0.358 e. The maximum Gasteiger partial charge on any atom is 0.392 e. The van der Waals surface area contributed by atoms with Crippen molar-refractivity contribution in [3.63, 3.8) is 0 Å². The SMILES string of the molecule is CC#Cc1nc([N+](=O)[O-])c(C[N+](C)(C)C/C=C/C(=O)Nc2cc3c(Nc4ccc(Br)c(Cl)c4)ncnc3cn2)n1C. The van der Waals surface area contributed by atoms with Crippen molar-refractivity contribution in [2.75, 3.05) is 31.3 Å². The van der Waals surface area contributed by atoms with Crippen LogP contribution in [0.15, 0.2) is 53.4 Å². The summed E-state index contributed by atoms with van der Waals surface area (Å²) in [7, 11) is 5.51. The Balaban J connectivity index is 1.45. The monoisotopic (exact) mass is 638 g/mol. The Kier molecular flexibility index (Phi) is 8.97. The Hall–Kier alpha value is -4.38. The number of nitro groups is 1. The molecule has 0 unspecified atom stereocenters. The summed E-state index contributed by atoms with van der Waals surface area (Å²) in [6, 6.07) is 7.12. The first-order chi connectivity index (χ1) is 19.5. The highest BCUT2D eigenvalue weighted by Crippen LogP contribution is 2.29. The zero-order chi connectivity index (χ0) is 29.7. The van der Waals surface area contributed by atoms with Gasteiger partial charge in [-0.15, -0.1) is 0 Å². The topological polar surface area (TPSA) is 141 Å². The Labute approximate surface area is 249 Å². The lowest BCUT2D eigenvalue weighted by molar-refractivity contribution is -0.898. The molecule has 0 fully saturated rings. The number of amides is 1. The van der Waals surface area contributed by atoms with Gasteiger partial charge >= 0.3 is 5.82 Å². The quantitative estimate of drug-likeness (QED) is 0.0860. The van der Waals surface area contributed by atoms with E-state index in [1.165, 1.54) is 12.4 Å². The summed E-state index contributed by atoms with van der Waals surface area (Å²) < 4.78 is 2.74. The molecule has 2 N–H and O–H groups in total. The van der Waals surface area contributed by atoms with E-state index in [2.05, 4.69) is 58.3 Å². The lowest BCUT2D eigenvalue weighted by Crippen LogP contribution is -2.39. The van der Waals surface area contributed by atoms with Crippen molar-refractivity contribution in [1.82, 2.24) is 24.5 Å². The van der Waals surface area contributed by atoms with Crippen molar-refractivity contribution in [2.45, 2.75) is 13.5 Å². The summed E-state index contributed by atoms with van der Waals surface area (Å²) in [6.45, 7) is 2.38. The number of carbonyl (C=O) groups excluding carboxylic acids is 1. The molecule has 12 nitrogen and oxygen atoms in total. The first-order valence-electron chi connectivity index (χ1n) is 12.2. The minimum atomic E-state index is -0.504. The van der Waals surface area contributed by atoms with E-state index < -0.39 is 4.92 Å². The van der Waals surface area contributed by atoms with E-state index in [9.17, 15) is 14.9 Å². The fraction of sp³-hybridized carbons (Fsp3) is 0.222. The summed E-state index contributed by atoms with van der Waals surface area (Å²) >= 11 is 9.58. The fourth-order valence-electron chi connectivity index (χ4n) is 3.98. The van der Waals surface area contributed by atoms with Crippen LogP contribution in [-0.4, -0.2) is 60.5 Å². The van der Waals surface area contributed by atoms with Crippen LogP contribution in [0.25, 0.3) is 10.9 Å². The van der Waals surface area contributed by atoms with E-state index in [0.29, 0.717) is 56.7 Å². The average Bonchev–Trinajstić information content (AvgIpc) is 3.21. The number of halogens is 2. The standard InChI is InChI=1S/C27H25BrClN9O3/c1-5-7-24-35-27(37(40)41)22(36(24)2)15-38(3,4)11-6-8-25(39)34-23-13-18-21(14-30-23)31-16-32-26(18)33-17-9-10-19(28)20(29)12-17/h6,8-10,12-14,16H,11,15H2,1-4H3,(H-,30,31,32,33,34,39)/p+1/b8-6+. The number of rotatable bonds is 9. The van der Waals surface area contributed by atoms with Crippen LogP contribution in [0.5, 0.6) is 0 Å². The number of fused-ring (bicyclic) bond motifs is 1. The number of quaternary nitrogens is 1. The first kappa shape index (κ1) is 29.6. The number of pyridine rings is 1. The van der Waals surface area contributed by atoms with Crippen molar-refractivity contribution in [3.05, 3.63) is 80.1 Å². The molecule has 0 aliphatic rings. The molecule has 210 valence electrons. The largest absolute Gasteiger partial charge is 0.392 e. The third-order valence-electron chi connectivity index (χ3n) is 6.00. The number of nitrogens with one attached hydrogen (secondary N) is 2. The number of nitrogens with zero attached hydrogens (tertiary/aromatic N) is 7. The lowest BCUT2D eigenvalue weighted by atomic mass is 10.2. The molecule has 0 aliphatic heterocycles. The van der Waals surface area contributed by atoms with Crippen molar-refractivity contribution in [2.24, 2.45) is 7.05 Å². The fourth-order valence-corrected chi connectivity index (χ4v) is 4.41. The van der Waals surface area contributed by atoms with Crippen LogP contribution < -0.4 is 10.6 Å². The molecule has 0 radical (unpaired) electrons. The molecule has 0 bridgehead atoms. The van der Waals surface area contributed by atoms with Crippen molar-refractivity contribution in [1.29, 1.82) is 0 Å². The number of benzene rings is 1. The summed E-state index contributed by atoms with van der Waals surface area (Å²) in [5.41, 5.74) is 1.78. The molecule has 0 saturated heterocycles. The van der Waals surface area contributed by atoms with Crippen molar-refractivity contribution in [3.8, 4) is 11.8 Å². The molecular weight excluding hydrogens is 614 g/mol. The second kappa shape index (κ2) is 12.4. The van der Waals surface area contributed by atoms with Gasteiger partial charge in [-0.1, -0.05) is 17.5 Å². The number of imidazole rings is 1. The van der Waals surface area contributed by atoms with Gasteiger partial charge in [-0.2, -0.15) is 0 Å². The Morgan fingerprint density at radius 1 is 1.27 bits per heavy atom. The van der Waals surface area contributed by atoms with Crippen molar-refractivity contribution < 1.29 is 14.2 Å². The zero-order valence-electron chi connectivity index (χ0n) is 22.6. The van der Waals surface area contributed by atoms with Crippen LogP contribution in [0.4, 0.5) is 23.1 Å². The first-order valence-corrected chi connectivity index (χ1v) is 13.4. The molecule has 3 heterocycles. The Bertz CT molecular complexity index is 1740. The molecule has 0 saturated carbocycles. The van der Waals surface area contributed by atoms with E-state index >= 15 is 0 Å². The number of hydrogen-bond acceptors (Lipinski definition) is 8. The van der Waals surface area contributed by atoms with Crippen LogP contribution >= 0.6 is 27.5 Å². The maximum atomic E-state index is 12.7. The number of likely N-dealkylation sites (N-methyl/N-ethyl adjacent to an activating group) is 1. The second-order valence-electron chi connectivity index (χ2n) is 9.63. The number of aromatic nitrogens is 5. The molecule has 4 aromatic rings. The van der Waals surface area contributed by atoms with Gasteiger partial charge in [0.2, 0.25) is 5.91 Å².